The van der Waals surface area contributed by atoms with Gasteiger partial charge >= 0.3 is 6.09 Å². The number of hydrogen-bond acceptors (Lipinski definition) is 3. The topological polar surface area (TPSA) is 58.6 Å². The summed E-state index contributed by atoms with van der Waals surface area (Å²) >= 11 is 0. The van der Waals surface area contributed by atoms with E-state index < -0.39 is 11.7 Å². The van der Waals surface area contributed by atoms with Crippen LogP contribution in [0.2, 0.25) is 0 Å². The third-order valence-corrected chi connectivity index (χ3v) is 7.71. The first-order chi connectivity index (χ1) is 18.0. The number of carbonyl (C=O) groups is 2. The van der Waals surface area contributed by atoms with Gasteiger partial charge in [-0.3, -0.25) is 4.79 Å². The molecule has 1 unspecified atom stereocenters. The van der Waals surface area contributed by atoms with Gasteiger partial charge in [-0.05, 0) is 60.1 Å². The summed E-state index contributed by atoms with van der Waals surface area (Å²) in [6.07, 6.45) is 4.54. The highest BCUT2D eigenvalue weighted by molar-refractivity contribution is 5.76. The number of nitrogens with zero attached hydrogens (tertiary/aromatic N) is 1. The van der Waals surface area contributed by atoms with Gasteiger partial charge in [-0.25, -0.2) is 9.18 Å². The maximum Gasteiger partial charge on any atom is 0.408 e. The van der Waals surface area contributed by atoms with Gasteiger partial charge in [0.1, 0.15) is 11.4 Å². The molecule has 1 aliphatic carbocycles. The summed E-state index contributed by atoms with van der Waals surface area (Å²) in [5, 5.41) is 3.12. The Balaban J connectivity index is 1.24. The molecule has 1 saturated heterocycles. The lowest BCUT2D eigenvalue weighted by atomic mass is 9.84. The Bertz CT molecular complexity index is 1220. The molecule has 0 spiro atoms. The molecule has 1 atom stereocenters. The van der Waals surface area contributed by atoms with Gasteiger partial charge in [-0.15, -0.1) is 0 Å². The maximum atomic E-state index is 13.2. The summed E-state index contributed by atoms with van der Waals surface area (Å²) < 4.78 is 19.4. The number of amides is 2. The zero-order chi connectivity index (χ0) is 25.7. The van der Waals surface area contributed by atoms with E-state index in [1.54, 1.807) is 12.1 Å². The van der Waals surface area contributed by atoms with Crippen molar-refractivity contribution in [3.63, 3.8) is 0 Å². The number of alkyl carbamates (subject to hydrolysis) is 1. The second kappa shape index (κ2) is 11.2. The Morgan fingerprint density at radius 1 is 0.946 bits per heavy atom. The van der Waals surface area contributed by atoms with Crippen LogP contribution >= 0.6 is 0 Å². The van der Waals surface area contributed by atoms with Crippen molar-refractivity contribution in [2.24, 2.45) is 0 Å². The van der Waals surface area contributed by atoms with Gasteiger partial charge in [0.15, 0.2) is 0 Å². The van der Waals surface area contributed by atoms with Crippen molar-refractivity contribution in [1.82, 2.24) is 10.2 Å². The Morgan fingerprint density at radius 3 is 2.41 bits per heavy atom. The van der Waals surface area contributed by atoms with Gasteiger partial charge in [0, 0.05) is 32.4 Å². The fraction of sp³-hybridized carbons (Fsp3) is 0.355. The Morgan fingerprint density at radius 2 is 1.65 bits per heavy atom. The molecular weight excluding hydrogens is 467 g/mol. The van der Waals surface area contributed by atoms with Gasteiger partial charge in [-0.2, -0.15) is 0 Å². The summed E-state index contributed by atoms with van der Waals surface area (Å²) in [6, 6.07) is 24.3. The molecule has 0 bridgehead atoms. The third-order valence-electron chi connectivity index (χ3n) is 7.71. The lowest BCUT2D eigenvalue weighted by Crippen LogP contribution is -2.48. The van der Waals surface area contributed by atoms with E-state index in [2.05, 4.69) is 17.4 Å². The molecule has 2 aliphatic rings. The van der Waals surface area contributed by atoms with Crippen LogP contribution in [0.4, 0.5) is 9.18 Å². The smallest absolute Gasteiger partial charge is 0.408 e. The number of benzene rings is 3. The number of nitrogens with one attached hydrogen (secondary N) is 1. The van der Waals surface area contributed by atoms with Crippen LogP contribution in [0.1, 0.15) is 60.4 Å². The second-order valence-electron chi connectivity index (χ2n) is 10.0. The first-order valence-electron chi connectivity index (χ1n) is 13.2. The molecule has 0 aromatic heterocycles. The first-order valence-corrected chi connectivity index (χ1v) is 13.2. The minimum atomic E-state index is -0.784. The number of rotatable bonds is 6. The molecule has 0 saturated carbocycles. The Labute approximate surface area is 217 Å². The second-order valence-corrected chi connectivity index (χ2v) is 10.0. The summed E-state index contributed by atoms with van der Waals surface area (Å²) in [5.41, 5.74) is 3.56. The van der Waals surface area contributed by atoms with Gasteiger partial charge in [0.05, 0.1) is 6.04 Å². The van der Waals surface area contributed by atoms with Crippen molar-refractivity contribution in [3.8, 4) is 0 Å². The molecule has 37 heavy (non-hydrogen) atoms. The van der Waals surface area contributed by atoms with Crippen molar-refractivity contribution in [2.75, 3.05) is 13.1 Å². The molecular formula is C31H33FN2O3. The van der Waals surface area contributed by atoms with Crippen LogP contribution in [0.5, 0.6) is 0 Å². The molecule has 1 fully saturated rings. The van der Waals surface area contributed by atoms with E-state index in [-0.39, 0.29) is 17.8 Å². The molecule has 3 aromatic rings. The van der Waals surface area contributed by atoms with Gasteiger partial charge < -0.3 is 15.0 Å². The number of ether oxygens (including phenoxy) is 1. The minimum Gasteiger partial charge on any atom is -0.438 e. The fourth-order valence-corrected chi connectivity index (χ4v) is 5.62. The van der Waals surface area contributed by atoms with Crippen molar-refractivity contribution < 1.29 is 18.7 Å². The normalized spacial score (nSPS) is 18.5. The highest BCUT2D eigenvalue weighted by Gasteiger charge is 2.41. The van der Waals surface area contributed by atoms with Gasteiger partial charge in [0.25, 0.3) is 0 Å². The van der Waals surface area contributed by atoms with Crippen LogP contribution in [-0.4, -0.2) is 30.0 Å². The van der Waals surface area contributed by atoms with E-state index in [9.17, 15) is 14.0 Å². The number of fused-ring (bicyclic) bond motifs is 1. The number of likely N-dealkylation sites (tertiary alicyclic amines) is 1. The predicted molar refractivity (Wildman–Crippen MR) is 140 cm³/mol. The zero-order valence-electron chi connectivity index (χ0n) is 21.0. The van der Waals surface area contributed by atoms with Gasteiger partial charge in [-0.1, -0.05) is 66.7 Å². The van der Waals surface area contributed by atoms with E-state index in [0.717, 1.165) is 30.4 Å². The molecule has 5 rings (SSSR count). The number of piperidine rings is 1. The molecule has 3 aromatic carbocycles. The molecule has 6 heteroatoms. The van der Waals surface area contributed by atoms with Crippen LogP contribution in [0.25, 0.3) is 0 Å². The van der Waals surface area contributed by atoms with Crippen LogP contribution in [0, 0.1) is 5.82 Å². The lowest BCUT2D eigenvalue weighted by Gasteiger charge is -2.42. The van der Waals surface area contributed by atoms with Crippen LogP contribution < -0.4 is 5.32 Å². The number of halogens is 1. The van der Waals surface area contributed by atoms with Crippen molar-refractivity contribution in [2.45, 2.75) is 56.6 Å². The Kier molecular flexibility index (Phi) is 7.54. The Hall–Kier alpha value is -3.67. The summed E-state index contributed by atoms with van der Waals surface area (Å²) in [7, 11) is 0. The van der Waals surface area contributed by atoms with Crippen LogP contribution in [-0.2, 0) is 28.0 Å². The third kappa shape index (κ3) is 5.85. The maximum absolute atomic E-state index is 13.2. The molecule has 192 valence electrons. The summed E-state index contributed by atoms with van der Waals surface area (Å²) in [4.78, 5) is 28.0. The largest absolute Gasteiger partial charge is 0.438 e. The summed E-state index contributed by atoms with van der Waals surface area (Å²) in [5.74, 6) is -0.214. The van der Waals surface area contributed by atoms with Crippen molar-refractivity contribution >= 4 is 12.0 Å². The molecule has 1 heterocycles. The summed E-state index contributed by atoms with van der Waals surface area (Å²) in [6.45, 7) is 1.02. The average Bonchev–Trinajstić information content (AvgIpc) is 2.93. The van der Waals surface area contributed by atoms with E-state index in [4.69, 9.17) is 4.74 Å². The van der Waals surface area contributed by atoms with E-state index in [0.29, 0.717) is 38.8 Å². The molecule has 1 N–H and O–H groups in total. The highest BCUT2D eigenvalue weighted by Crippen LogP contribution is 2.38. The monoisotopic (exact) mass is 500 g/mol. The van der Waals surface area contributed by atoms with Gasteiger partial charge in [0.2, 0.25) is 5.91 Å². The highest BCUT2D eigenvalue weighted by atomic mass is 19.1. The molecule has 5 nitrogen and oxygen atoms in total. The zero-order valence-corrected chi connectivity index (χ0v) is 21.0. The van der Waals surface area contributed by atoms with Crippen LogP contribution in [0.15, 0.2) is 78.9 Å². The molecule has 2 amide bonds. The molecule has 1 aliphatic heterocycles. The number of hydrogen-bond donors (Lipinski definition) is 1. The van der Waals surface area contributed by atoms with E-state index >= 15 is 0 Å². The predicted octanol–water partition coefficient (Wildman–Crippen LogP) is 6.08. The van der Waals surface area contributed by atoms with Crippen molar-refractivity contribution in [3.05, 3.63) is 107 Å². The lowest BCUT2D eigenvalue weighted by molar-refractivity contribution is -0.135. The van der Waals surface area contributed by atoms with Crippen LogP contribution in [0.3, 0.4) is 0 Å². The van der Waals surface area contributed by atoms with Crippen molar-refractivity contribution in [1.29, 1.82) is 0 Å². The number of carbonyl (C=O) groups excluding carboxylic acids is 2. The minimum absolute atomic E-state index is 0.0570. The van der Waals surface area contributed by atoms with E-state index in [1.165, 1.54) is 23.3 Å². The standard InChI is InChI=1S/C31H33FN2O3/c32-26-16-13-23(14-17-26)15-18-29(35)34-21-19-31(20-22-34,25-9-2-1-3-10-25)37-30(36)33-28-12-6-8-24-7-4-5-11-27(24)28/h1-5,7,9-11,13-14,16-17,28H,6,8,12,15,18-22H2,(H,33,36). The fourth-order valence-electron chi connectivity index (χ4n) is 5.62. The average molecular weight is 501 g/mol. The number of aryl methyl sites for hydroxylation is 2. The van der Waals surface area contributed by atoms with E-state index in [1.807, 2.05) is 47.4 Å². The first kappa shape index (κ1) is 25.0. The molecule has 0 radical (unpaired) electrons. The SMILES string of the molecule is O=C(NC1CCCc2ccccc21)OC1(c2ccccc2)CCN(C(=O)CCc2ccc(F)cc2)CC1. The quantitative estimate of drug-likeness (QED) is 0.446.